The molecule has 0 fully saturated rings. The fourth-order valence-electron chi connectivity index (χ4n) is 2.65. The summed E-state index contributed by atoms with van der Waals surface area (Å²) in [4.78, 5) is 36.3. The number of anilines is 1. The van der Waals surface area contributed by atoms with Gasteiger partial charge < -0.3 is 14.8 Å². The van der Waals surface area contributed by atoms with Gasteiger partial charge in [0.25, 0.3) is 0 Å². The lowest BCUT2D eigenvalue weighted by molar-refractivity contribution is -0.136. The van der Waals surface area contributed by atoms with Crippen LogP contribution in [-0.4, -0.2) is 31.1 Å². The SMILES string of the molecule is COc1cc(/C=N/NC(=O)C(=O)Nc2cc(Cl)cc(Cl)c2)ccc1OC(=O)c1cccc(Cl)c1. The number of carbonyl (C=O) groups excluding carboxylic acids is 3. The topological polar surface area (TPSA) is 106 Å². The number of nitrogens with zero attached hydrogens (tertiary/aromatic N) is 1. The summed E-state index contributed by atoms with van der Waals surface area (Å²) in [6, 6.07) is 15.3. The van der Waals surface area contributed by atoms with Crippen molar-refractivity contribution in [3.8, 4) is 11.5 Å². The van der Waals surface area contributed by atoms with Gasteiger partial charge in [-0.1, -0.05) is 40.9 Å². The van der Waals surface area contributed by atoms with Gasteiger partial charge in [-0.2, -0.15) is 5.10 Å². The molecule has 3 aromatic carbocycles. The molecule has 0 radical (unpaired) electrons. The van der Waals surface area contributed by atoms with Crippen LogP contribution in [0, 0.1) is 0 Å². The summed E-state index contributed by atoms with van der Waals surface area (Å²) in [5.74, 6) is -2.15. The maximum absolute atomic E-state index is 12.3. The van der Waals surface area contributed by atoms with E-state index in [-0.39, 0.29) is 22.7 Å². The van der Waals surface area contributed by atoms with Gasteiger partial charge in [-0.05, 0) is 60.2 Å². The zero-order chi connectivity index (χ0) is 24.7. The zero-order valence-corrected chi connectivity index (χ0v) is 19.7. The minimum atomic E-state index is -1.01. The molecular weight excluding hydrogens is 505 g/mol. The fourth-order valence-corrected chi connectivity index (χ4v) is 3.37. The van der Waals surface area contributed by atoms with Gasteiger partial charge in [-0.25, -0.2) is 10.2 Å². The molecule has 2 N–H and O–H groups in total. The Hall–Kier alpha value is -3.59. The minimum Gasteiger partial charge on any atom is -0.493 e. The number of hydrogen-bond donors (Lipinski definition) is 2. The number of carbonyl (C=O) groups is 3. The van der Waals surface area contributed by atoms with Crippen LogP contribution in [0.5, 0.6) is 11.5 Å². The molecule has 0 spiro atoms. The van der Waals surface area contributed by atoms with E-state index in [1.165, 1.54) is 49.7 Å². The number of nitrogens with one attached hydrogen (secondary N) is 2. The number of amides is 2. The molecule has 0 aromatic heterocycles. The number of halogens is 3. The van der Waals surface area contributed by atoms with Gasteiger partial charge in [0, 0.05) is 20.8 Å². The van der Waals surface area contributed by atoms with Gasteiger partial charge in [-0.15, -0.1) is 0 Å². The van der Waals surface area contributed by atoms with Crippen molar-refractivity contribution in [2.75, 3.05) is 12.4 Å². The highest BCUT2D eigenvalue weighted by atomic mass is 35.5. The van der Waals surface area contributed by atoms with Gasteiger partial charge in [0.1, 0.15) is 0 Å². The number of esters is 1. The summed E-state index contributed by atoms with van der Waals surface area (Å²) in [6.07, 6.45) is 1.28. The molecule has 0 saturated heterocycles. The molecule has 0 atom stereocenters. The van der Waals surface area contributed by atoms with Crippen molar-refractivity contribution in [2.45, 2.75) is 0 Å². The van der Waals surface area contributed by atoms with E-state index in [1.54, 1.807) is 24.3 Å². The molecular formula is C23H16Cl3N3O5. The van der Waals surface area contributed by atoms with Crippen LogP contribution in [0.1, 0.15) is 15.9 Å². The second-order valence-electron chi connectivity index (χ2n) is 6.62. The highest BCUT2D eigenvalue weighted by Crippen LogP contribution is 2.28. The Morgan fingerprint density at radius 3 is 2.26 bits per heavy atom. The monoisotopic (exact) mass is 519 g/mol. The van der Waals surface area contributed by atoms with E-state index in [4.69, 9.17) is 44.3 Å². The molecule has 0 saturated carbocycles. The third-order valence-corrected chi connectivity index (χ3v) is 4.83. The van der Waals surface area contributed by atoms with Crippen molar-refractivity contribution in [2.24, 2.45) is 5.10 Å². The number of benzene rings is 3. The summed E-state index contributed by atoms with van der Waals surface area (Å²) in [7, 11) is 1.40. The summed E-state index contributed by atoms with van der Waals surface area (Å²) >= 11 is 17.6. The molecule has 0 bridgehead atoms. The second-order valence-corrected chi connectivity index (χ2v) is 7.93. The maximum Gasteiger partial charge on any atom is 0.343 e. The third-order valence-electron chi connectivity index (χ3n) is 4.16. The van der Waals surface area contributed by atoms with Crippen molar-refractivity contribution >= 4 is 64.5 Å². The van der Waals surface area contributed by atoms with E-state index < -0.39 is 17.8 Å². The quantitative estimate of drug-likeness (QED) is 0.157. The molecule has 3 aromatic rings. The molecule has 34 heavy (non-hydrogen) atoms. The van der Waals surface area contributed by atoms with Crippen molar-refractivity contribution in [3.63, 3.8) is 0 Å². The average molecular weight is 521 g/mol. The predicted octanol–water partition coefficient (Wildman–Crippen LogP) is 4.96. The van der Waals surface area contributed by atoms with Crippen LogP contribution in [0.25, 0.3) is 0 Å². The van der Waals surface area contributed by atoms with E-state index in [0.29, 0.717) is 20.6 Å². The van der Waals surface area contributed by atoms with Crippen LogP contribution >= 0.6 is 34.8 Å². The van der Waals surface area contributed by atoms with Gasteiger partial charge in [0.05, 0.1) is 18.9 Å². The van der Waals surface area contributed by atoms with E-state index >= 15 is 0 Å². The molecule has 0 unspecified atom stereocenters. The maximum atomic E-state index is 12.3. The fraction of sp³-hybridized carbons (Fsp3) is 0.0435. The van der Waals surface area contributed by atoms with Gasteiger partial charge in [0.15, 0.2) is 11.5 Å². The standard InChI is InChI=1S/C23H16Cl3N3O5/c1-33-20-7-13(5-6-19(20)34-23(32)14-3-2-4-15(24)8-14)12-27-29-22(31)21(30)28-18-10-16(25)9-17(26)11-18/h2-12H,1H3,(H,28,30)(H,29,31)/b27-12+. The van der Waals surface area contributed by atoms with Gasteiger partial charge in [-0.3, -0.25) is 9.59 Å². The number of hydrazone groups is 1. The Balaban J connectivity index is 1.61. The first-order valence-corrected chi connectivity index (χ1v) is 10.6. The van der Waals surface area contributed by atoms with Crippen LogP contribution < -0.4 is 20.2 Å². The molecule has 2 amide bonds. The Kier molecular flexibility index (Phi) is 8.48. The largest absolute Gasteiger partial charge is 0.493 e. The van der Waals surface area contributed by atoms with Crippen LogP contribution in [0.2, 0.25) is 15.1 Å². The first-order chi connectivity index (χ1) is 16.2. The first kappa shape index (κ1) is 25.0. The lowest BCUT2D eigenvalue weighted by Crippen LogP contribution is -2.32. The van der Waals surface area contributed by atoms with Crippen LogP contribution in [0.3, 0.4) is 0 Å². The van der Waals surface area contributed by atoms with E-state index in [0.717, 1.165) is 0 Å². The van der Waals surface area contributed by atoms with Crippen molar-refractivity contribution in [3.05, 3.63) is 86.9 Å². The Bertz CT molecular complexity index is 1260. The Labute approximate surface area is 209 Å². The number of ether oxygens (including phenoxy) is 2. The average Bonchev–Trinajstić information content (AvgIpc) is 2.79. The highest BCUT2D eigenvalue weighted by Gasteiger charge is 2.15. The number of rotatable bonds is 6. The van der Waals surface area contributed by atoms with E-state index in [1.807, 2.05) is 0 Å². The summed E-state index contributed by atoms with van der Waals surface area (Å²) < 4.78 is 10.6. The lowest BCUT2D eigenvalue weighted by Gasteiger charge is -2.10. The zero-order valence-electron chi connectivity index (χ0n) is 17.5. The van der Waals surface area contributed by atoms with Gasteiger partial charge in [0.2, 0.25) is 0 Å². The second kappa shape index (κ2) is 11.5. The highest BCUT2D eigenvalue weighted by molar-refractivity contribution is 6.40. The van der Waals surface area contributed by atoms with Crippen LogP contribution in [0.4, 0.5) is 5.69 Å². The third kappa shape index (κ3) is 6.95. The molecule has 0 aliphatic heterocycles. The molecule has 0 aliphatic rings. The lowest BCUT2D eigenvalue weighted by atomic mass is 10.2. The number of hydrogen-bond acceptors (Lipinski definition) is 6. The smallest absolute Gasteiger partial charge is 0.343 e. The molecule has 11 heteroatoms. The molecule has 174 valence electrons. The van der Waals surface area contributed by atoms with E-state index in [9.17, 15) is 14.4 Å². The molecule has 8 nitrogen and oxygen atoms in total. The summed E-state index contributed by atoms with van der Waals surface area (Å²) in [6.45, 7) is 0. The summed E-state index contributed by atoms with van der Waals surface area (Å²) in [5, 5.41) is 7.12. The Morgan fingerprint density at radius 2 is 1.59 bits per heavy atom. The molecule has 0 heterocycles. The van der Waals surface area contributed by atoms with Crippen molar-refractivity contribution in [1.82, 2.24) is 5.43 Å². The minimum absolute atomic E-state index is 0.174. The van der Waals surface area contributed by atoms with Crippen molar-refractivity contribution in [1.29, 1.82) is 0 Å². The predicted molar refractivity (Wildman–Crippen MR) is 130 cm³/mol. The number of methoxy groups -OCH3 is 1. The van der Waals surface area contributed by atoms with Crippen LogP contribution in [-0.2, 0) is 9.59 Å². The molecule has 0 aliphatic carbocycles. The normalized spacial score (nSPS) is 10.6. The van der Waals surface area contributed by atoms with Crippen LogP contribution in [0.15, 0.2) is 65.8 Å². The van der Waals surface area contributed by atoms with Crippen molar-refractivity contribution < 1.29 is 23.9 Å². The summed E-state index contributed by atoms with van der Waals surface area (Å²) in [5.41, 5.74) is 3.14. The Morgan fingerprint density at radius 1 is 0.853 bits per heavy atom. The van der Waals surface area contributed by atoms with Gasteiger partial charge >= 0.3 is 17.8 Å². The first-order valence-electron chi connectivity index (χ1n) is 9.51. The molecule has 3 rings (SSSR count). The van der Waals surface area contributed by atoms with E-state index in [2.05, 4.69) is 15.8 Å².